The molecule has 1 aliphatic rings. The molecule has 0 spiro atoms. The minimum absolute atomic E-state index is 0.230. The summed E-state index contributed by atoms with van der Waals surface area (Å²) in [6.07, 6.45) is 4.07. The van der Waals surface area contributed by atoms with Gasteiger partial charge in [0.15, 0.2) is 5.96 Å². The van der Waals surface area contributed by atoms with E-state index in [9.17, 15) is 0 Å². The minimum Gasteiger partial charge on any atom is -0.383 e. The molecular formula is C19H32N4O. The predicted octanol–water partition coefficient (Wildman–Crippen LogP) is 2.37. The summed E-state index contributed by atoms with van der Waals surface area (Å²) in [5.41, 5.74) is 2.66. The fourth-order valence-electron chi connectivity index (χ4n) is 3.04. The van der Waals surface area contributed by atoms with Crippen molar-refractivity contribution in [2.75, 3.05) is 33.9 Å². The number of likely N-dealkylation sites (tertiary alicyclic amines) is 1. The molecular weight excluding hydrogens is 300 g/mol. The molecule has 0 aliphatic carbocycles. The van der Waals surface area contributed by atoms with Crippen molar-refractivity contribution in [3.63, 3.8) is 0 Å². The number of benzene rings is 1. The summed E-state index contributed by atoms with van der Waals surface area (Å²) in [6.45, 7) is 7.06. The normalized spacial score (nSPS) is 17.5. The molecule has 0 amide bonds. The van der Waals surface area contributed by atoms with E-state index in [1.165, 1.54) is 43.5 Å². The fourth-order valence-corrected chi connectivity index (χ4v) is 3.04. The van der Waals surface area contributed by atoms with E-state index in [2.05, 4.69) is 51.7 Å². The average Bonchev–Trinajstić information content (AvgIpc) is 2.61. The number of ether oxygens (including phenoxy) is 1. The van der Waals surface area contributed by atoms with E-state index in [1.54, 1.807) is 14.2 Å². The zero-order chi connectivity index (χ0) is 17.2. The second-order valence-electron chi connectivity index (χ2n) is 6.58. The number of aliphatic imine (C=N–C) groups is 1. The molecule has 0 bridgehead atoms. The van der Waals surface area contributed by atoms with E-state index >= 15 is 0 Å². The van der Waals surface area contributed by atoms with Crippen LogP contribution in [0.3, 0.4) is 0 Å². The number of rotatable bonds is 7. The highest BCUT2D eigenvalue weighted by Crippen LogP contribution is 2.13. The number of nitrogens with one attached hydrogen (secondary N) is 2. The molecule has 5 nitrogen and oxygen atoms in total. The third kappa shape index (κ3) is 6.49. The Labute approximate surface area is 146 Å². The second-order valence-corrected chi connectivity index (χ2v) is 6.58. The van der Waals surface area contributed by atoms with Gasteiger partial charge >= 0.3 is 0 Å². The maximum atomic E-state index is 5.14. The molecule has 1 heterocycles. The van der Waals surface area contributed by atoms with Crippen LogP contribution >= 0.6 is 0 Å². The van der Waals surface area contributed by atoms with Gasteiger partial charge in [-0.1, -0.05) is 30.7 Å². The Balaban J connectivity index is 1.78. The van der Waals surface area contributed by atoms with Crippen molar-refractivity contribution in [3.8, 4) is 0 Å². The van der Waals surface area contributed by atoms with Gasteiger partial charge in [-0.3, -0.25) is 9.89 Å². The summed E-state index contributed by atoms with van der Waals surface area (Å²) in [5.74, 6) is 0.803. The van der Waals surface area contributed by atoms with Gasteiger partial charge in [0.1, 0.15) is 0 Å². The first-order valence-electron chi connectivity index (χ1n) is 8.97. The largest absolute Gasteiger partial charge is 0.383 e. The van der Waals surface area contributed by atoms with Crippen LogP contribution in [-0.4, -0.2) is 50.8 Å². The number of hydrogen-bond donors (Lipinski definition) is 2. The van der Waals surface area contributed by atoms with Crippen molar-refractivity contribution in [3.05, 3.63) is 35.4 Å². The second kappa shape index (κ2) is 10.3. The molecule has 1 aromatic rings. The van der Waals surface area contributed by atoms with Crippen molar-refractivity contribution in [2.45, 2.75) is 45.3 Å². The van der Waals surface area contributed by atoms with Gasteiger partial charge in [-0.2, -0.15) is 0 Å². The van der Waals surface area contributed by atoms with Crippen LogP contribution in [0.25, 0.3) is 0 Å². The first-order valence-corrected chi connectivity index (χ1v) is 8.97. The van der Waals surface area contributed by atoms with Gasteiger partial charge in [0.05, 0.1) is 6.61 Å². The lowest BCUT2D eigenvalue weighted by atomic mass is 10.1. The van der Waals surface area contributed by atoms with E-state index < -0.39 is 0 Å². The molecule has 1 atom stereocenters. The van der Waals surface area contributed by atoms with E-state index in [4.69, 9.17) is 4.74 Å². The van der Waals surface area contributed by atoms with Gasteiger partial charge in [-0.25, -0.2) is 0 Å². The summed E-state index contributed by atoms with van der Waals surface area (Å²) < 4.78 is 5.14. The number of guanidine groups is 1. The van der Waals surface area contributed by atoms with Crippen LogP contribution in [0.4, 0.5) is 0 Å². The summed E-state index contributed by atoms with van der Waals surface area (Å²) >= 11 is 0. The summed E-state index contributed by atoms with van der Waals surface area (Å²) in [6, 6.07) is 9.13. The molecule has 2 rings (SSSR count). The first-order chi connectivity index (χ1) is 11.7. The van der Waals surface area contributed by atoms with Crippen LogP contribution in [0.15, 0.2) is 29.3 Å². The van der Waals surface area contributed by atoms with Crippen molar-refractivity contribution >= 4 is 5.96 Å². The molecule has 2 N–H and O–H groups in total. The molecule has 5 heteroatoms. The highest BCUT2D eigenvalue weighted by Gasteiger charge is 2.10. The van der Waals surface area contributed by atoms with Crippen LogP contribution in [0.1, 0.15) is 37.3 Å². The predicted molar refractivity (Wildman–Crippen MR) is 100 cm³/mol. The third-order valence-corrected chi connectivity index (χ3v) is 4.36. The topological polar surface area (TPSA) is 48.9 Å². The SMILES string of the molecule is CN=C(NCc1ccc(CN2CCCCC2)cc1)NC(C)COC. The quantitative estimate of drug-likeness (QED) is 0.594. The van der Waals surface area contributed by atoms with Gasteiger partial charge in [0, 0.05) is 33.3 Å². The molecule has 1 aliphatic heterocycles. The smallest absolute Gasteiger partial charge is 0.191 e. The van der Waals surface area contributed by atoms with E-state index in [0.29, 0.717) is 6.61 Å². The molecule has 134 valence electrons. The van der Waals surface area contributed by atoms with Crippen LogP contribution in [0.2, 0.25) is 0 Å². The molecule has 0 saturated carbocycles. The lowest BCUT2D eigenvalue weighted by molar-refractivity contribution is 0.179. The van der Waals surface area contributed by atoms with Crippen LogP contribution in [-0.2, 0) is 17.8 Å². The van der Waals surface area contributed by atoms with E-state index in [-0.39, 0.29) is 6.04 Å². The Bertz CT molecular complexity index is 495. The standard InChI is InChI=1S/C19H32N4O/c1-16(15-24-3)22-19(20-2)21-13-17-7-9-18(10-8-17)14-23-11-5-4-6-12-23/h7-10,16H,4-6,11-15H2,1-3H3,(H2,20,21,22). The summed E-state index contributed by atoms with van der Waals surface area (Å²) in [5, 5.41) is 6.66. The molecule has 1 aromatic carbocycles. The molecule has 24 heavy (non-hydrogen) atoms. The van der Waals surface area contributed by atoms with Gasteiger partial charge in [-0.05, 0) is 44.0 Å². The Morgan fingerprint density at radius 1 is 1.17 bits per heavy atom. The minimum atomic E-state index is 0.230. The van der Waals surface area contributed by atoms with Gasteiger partial charge in [-0.15, -0.1) is 0 Å². The average molecular weight is 332 g/mol. The van der Waals surface area contributed by atoms with Crippen LogP contribution in [0.5, 0.6) is 0 Å². The summed E-state index contributed by atoms with van der Waals surface area (Å²) in [4.78, 5) is 6.81. The van der Waals surface area contributed by atoms with Crippen LogP contribution < -0.4 is 10.6 Å². The number of hydrogen-bond acceptors (Lipinski definition) is 3. The Morgan fingerprint density at radius 2 is 1.83 bits per heavy atom. The van der Waals surface area contributed by atoms with Gasteiger partial charge in [0.2, 0.25) is 0 Å². The van der Waals surface area contributed by atoms with Gasteiger partial charge in [0.25, 0.3) is 0 Å². The van der Waals surface area contributed by atoms with Crippen molar-refractivity contribution in [1.82, 2.24) is 15.5 Å². The number of piperidine rings is 1. The lowest BCUT2D eigenvalue weighted by Gasteiger charge is -2.26. The van der Waals surface area contributed by atoms with E-state index in [1.807, 2.05) is 0 Å². The van der Waals surface area contributed by atoms with Crippen molar-refractivity contribution in [1.29, 1.82) is 0 Å². The molecule has 0 radical (unpaired) electrons. The van der Waals surface area contributed by atoms with Crippen molar-refractivity contribution in [2.24, 2.45) is 4.99 Å². The van der Waals surface area contributed by atoms with Gasteiger partial charge < -0.3 is 15.4 Å². The highest BCUT2D eigenvalue weighted by atomic mass is 16.5. The lowest BCUT2D eigenvalue weighted by Crippen LogP contribution is -2.43. The molecule has 0 aromatic heterocycles. The molecule has 1 unspecified atom stereocenters. The zero-order valence-electron chi connectivity index (χ0n) is 15.3. The maximum absolute atomic E-state index is 5.14. The monoisotopic (exact) mass is 332 g/mol. The molecule has 1 saturated heterocycles. The van der Waals surface area contributed by atoms with Crippen molar-refractivity contribution < 1.29 is 4.74 Å². The number of methoxy groups -OCH3 is 1. The fraction of sp³-hybridized carbons (Fsp3) is 0.632. The Morgan fingerprint density at radius 3 is 2.46 bits per heavy atom. The first kappa shape index (κ1) is 18.7. The Hall–Kier alpha value is -1.59. The van der Waals surface area contributed by atoms with Crippen LogP contribution in [0, 0.1) is 0 Å². The van der Waals surface area contributed by atoms with E-state index in [0.717, 1.165) is 19.0 Å². The zero-order valence-corrected chi connectivity index (χ0v) is 15.3. The third-order valence-electron chi connectivity index (χ3n) is 4.36. The highest BCUT2D eigenvalue weighted by molar-refractivity contribution is 5.79. The maximum Gasteiger partial charge on any atom is 0.191 e. The Kier molecular flexibility index (Phi) is 8.05. The summed E-state index contributed by atoms with van der Waals surface area (Å²) in [7, 11) is 3.50. The molecule has 1 fully saturated rings. The number of nitrogens with zero attached hydrogens (tertiary/aromatic N) is 2.